The lowest BCUT2D eigenvalue weighted by molar-refractivity contribution is -0.380. The molecule has 0 atom stereocenters. The van der Waals surface area contributed by atoms with Crippen LogP contribution in [0.1, 0.15) is 0 Å². The second-order valence-corrected chi connectivity index (χ2v) is 3.52. The summed E-state index contributed by atoms with van der Waals surface area (Å²) in [5, 5.41) is 5.33. The molecule has 0 saturated carbocycles. The molecule has 0 spiro atoms. The van der Waals surface area contributed by atoms with Crippen LogP contribution in [0.4, 0.5) is 17.1 Å². The fourth-order valence-electron chi connectivity index (χ4n) is 1.55. The third-order valence-corrected chi connectivity index (χ3v) is 2.38. The van der Waals surface area contributed by atoms with Crippen LogP contribution in [0, 0.1) is 0 Å². The third kappa shape index (κ3) is 2.60. The van der Waals surface area contributed by atoms with Gasteiger partial charge in [-0.15, -0.1) is 0 Å². The second kappa shape index (κ2) is 5.12. The van der Waals surface area contributed by atoms with E-state index in [4.69, 9.17) is 10.3 Å². The van der Waals surface area contributed by atoms with Crippen LogP contribution in [-0.2, 0) is 0 Å². The zero-order chi connectivity index (χ0) is 12.1. The molecule has 2 N–H and O–H groups in total. The van der Waals surface area contributed by atoms with Crippen molar-refractivity contribution in [1.82, 2.24) is 0 Å². The number of rotatable bonds is 4. The Kier molecular flexibility index (Phi) is 3.35. The van der Waals surface area contributed by atoms with Crippen molar-refractivity contribution in [3.63, 3.8) is 0 Å². The third-order valence-electron chi connectivity index (χ3n) is 2.38. The van der Waals surface area contributed by atoms with Gasteiger partial charge in [0.05, 0.1) is 7.11 Å². The fraction of sp³-hybridized carbons (Fsp3) is 0.0769. The van der Waals surface area contributed by atoms with Gasteiger partial charge in [-0.3, -0.25) is 5.11 Å². The minimum atomic E-state index is 0.533. The summed E-state index contributed by atoms with van der Waals surface area (Å²) < 4.78 is 5.15. The van der Waals surface area contributed by atoms with E-state index in [0.717, 1.165) is 11.4 Å². The molecule has 0 unspecified atom stereocenters. The lowest BCUT2D eigenvalue weighted by Gasteiger charge is -2.08. The van der Waals surface area contributed by atoms with Crippen molar-refractivity contribution in [2.45, 2.75) is 0 Å². The first-order valence-electron chi connectivity index (χ1n) is 5.23. The first kappa shape index (κ1) is 11.1. The largest absolute Gasteiger partial charge is 0.502 e. The summed E-state index contributed by atoms with van der Waals surface area (Å²) in [6.07, 6.45) is 0. The molecule has 2 aromatic carbocycles. The van der Waals surface area contributed by atoms with Crippen LogP contribution < -0.4 is 15.2 Å². The van der Waals surface area contributed by atoms with Gasteiger partial charge in [-0.2, -0.15) is 0 Å². The van der Waals surface area contributed by atoms with Crippen molar-refractivity contribution in [2.24, 2.45) is 0 Å². The Bertz CT molecular complexity index is 511. The van der Waals surface area contributed by atoms with Gasteiger partial charge in [0.1, 0.15) is 0 Å². The Morgan fingerprint density at radius 3 is 2.47 bits per heavy atom. The van der Waals surface area contributed by atoms with Gasteiger partial charge < -0.3 is 15.6 Å². The standard InChI is InChI=1S/C13H13N3O/c1-17-13-9-11(7-8-12(13)16-14)15-10-5-3-2-4-6-10/h2-9,15-16H,1H3. The predicted octanol–water partition coefficient (Wildman–Crippen LogP) is 2.17. The van der Waals surface area contributed by atoms with Gasteiger partial charge in [-0.25, -0.2) is 0 Å². The summed E-state index contributed by atoms with van der Waals surface area (Å²) in [5.74, 6) is 0.577. The summed E-state index contributed by atoms with van der Waals surface area (Å²) >= 11 is 0. The molecule has 0 heterocycles. The van der Waals surface area contributed by atoms with Gasteiger partial charge in [0.25, 0.3) is 0 Å². The molecular formula is C13H13N3O. The molecule has 86 valence electrons. The van der Waals surface area contributed by atoms with Gasteiger partial charge in [0.2, 0.25) is 5.69 Å². The Hall–Kier alpha value is -2.36. The van der Waals surface area contributed by atoms with E-state index in [2.05, 4.69) is 10.4 Å². The van der Waals surface area contributed by atoms with Crippen molar-refractivity contribution in [3.05, 3.63) is 54.1 Å². The Morgan fingerprint density at radius 1 is 1.06 bits per heavy atom. The topological polar surface area (TPSA) is 57.5 Å². The quantitative estimate of drug-likeness (QED) is 0.786. The van der Waals surface area contributed by atoms with Crippen molar-refractivity contribution < 1.29 is 9.85 Å². The number of hydrogen-bond donors (Lipinski definition) is 2. The van der Waals surface area contributed by atoms with Crippen molar-refractivity contribution in [2.75, 3.05) is 12.4 Å². The van der Waals surface area contributed by atoms with Crippen LogP contribution in [0.2, 0.25) is 0 Å². The summed E-state index contributed by atoms with van der Waals surface area (Å²) in [5.41, 5.74) is 11.3. The zero-order valence-corrected chi connectivity index (χ0v) is 9.47. The molecule has 0 aliphatic heterocycles. The molecule has 0 fully saturated rings. The number of methoxy groups -OCH3 is 1. The molecule has 0 bridgehead atoms. The van der Waals surface area contributed by atoms with E-state index in [0.29, 0.717) is 11.4 Å². The average molecular weight is 227 g/mol. The van der Waals surface area contributed by atoms with Crippen LogP contribution >= 0.6 is 0 Å². The number of para-hydroxylation sites is 1. The summed E-state index contributed by atoms with van der Waals surface area (Å²) in [6.45, 7) is 0. The predicted molar refractivity (Wildman–Crippen MR) is 66.7 cm³/mol. The van der Waals surface area contributed by atoms with E-state index in [1.165, 1.54) is 0 Å². The summed E-state index contributed by atoms with van der Waals surface area (Å²) in [7, 11) is 1.56. The van der Waals surface area contributed by atoms with E-state index in [9.17, 15) is 0 Å². The highest BCUT2D eigenvalue weighted by atomic mass is 16.5. The molecule has 4 heteroatoms. The Balaban J connectivity index is 2.25. The average Bonchev–Trinajstić information content (AvgIpc) is 2.40. The minimum absolute atomic E-state index is 0.533. The summed E-state index contributed by atoms with van der Waals surface area (Å²) in [6, 6.07) is 15.2. The highest BCUT2D eigenvalue weighted by Gasteiger charge is 2.05. The van der Waals surface area contributed by atoms with E-state index in [-0.39, 0.29) is 0 Å². The monoisotopic (exact) mass is 227 g/mol. The van der Waals surface area contributed by atoms with Gasteiger partial charge in [-0.1, -0.05) is 18.2 Å². The van der Waals surface area contributed by atoms with E-state index in [1.807, 2.05) is 42.5 Å². The number of anilines is 2. The molecule has 0 aliphatic carbocycles. The second-order valence-electron chi connectivity index (χ2n) is 3.52. The maximum Gasteiger partial charge on any atom is 0.235 e. The Morgan fingerprint density at radius 2 is 1.82 bits per heavy atom. The first-order chi connectivity index (χ1) is 8.33. The number of nitrogens with zero attached hydrogens (tertiary/aromatic N) is 1. The normalized spacial score (nSPS) is 9.71. The maximum atomic E-state index is 8.88. The SMILES string of the molecule is COc1cc(Nc2ccccc2)ccc1[NH+]=[N-]. The van der Waals surface area contributed by atoms with Gasteiger partial charge in [0, 0.05) is 23.5 Å². The lowest BCUT2D eigenvalue weighted by atomic mass is 10.2. The molecule has 0 saturated heterocycles. The van der Waals surface area contributed by atoms with Crippen LogP contribution in [0.5, 0.6) is 5.75 Å². The van der Waals surface area contributed by atoms with Crippen molar-refractivity contribution in [1.29, 1.82) is 0 Å². The van der Waals surface area contributed by atoms with Gasteiger partial charge in [0.15, 0.2) is 5.75 Å². The zero-order valence-electron chi connectivity index (χ0n) is 9.47. The van der Waals surface area contributed by atoms with Gasteiger partial charge in [-0.05, 0) is 18.2 Å². The number of nitrogens with one attached hydrogen (secondary N) is 2. The highest BCUT2D eigenvalue weighted by molar-refractivity contribution is 5.64. The fourth-order valence-corrected chi connectivity index (χ4v) is 1.55. The molecule has 2 aromatic rings. The first-order valence-corrected chi connectivity index (χ1v) is 5.23. The van der Waals surface area contributed by atoms with Gasteiger partial charge >= 0.3 is 0 Å². The van der Waals surface area contributed by atoms with Crippen molar-refractivity contribution in [3.8, 4) is 5.75 Å². The molecule has 17 heavy (non-hydrogen) atoms. The van der Waals surface area contributed by atoms with E-state index < -0.39 is 0 Å². The number of benzene rings is 2. The molecule has 2 rings (SSSR count). The minimum Gasteiger partial charge on any atom is -0.502 e. The van der Waals surface area contributed by atoms with Crippen LogP contribution in [-0.4, -0.2) is 7.11 Å². The Labute approximate surface area is 99.8 Å². The highest BCUT2D eigenvalue weighted by Crippen LogP contribution is 2.26. The van der Waals surface area contributed by atoms with Crippen LogP contribution in [0.25, 0.3) is 5.53 Å². The lowest BCUT2D eigenvalue weighted by Crippen LogP contribution is -2.54. The molecule has 0 radical (unpaired) electrons. The molecule has 0 aromatic heterocycles. The number of hydrogen-bond acceptors (Lipinski definition) is 2. The summed E-state index contributed by atoms with van der Waals surface area (Å²) in [4.78, 5) is 0. The van der Waals surface area contributed by atoms with Crippen LogP contribution in [0.3, 0.4) is 0 Å². The molecular weight excluding hydrogens is 214 g/mol. The van der Waals surface area contributed by atoms with E-state index >= 15 is 0 Å². The molecule has 0 amide bonds. The van der Waals surface area contributed by atoms with Crippen molar-refractivity contribution >= 4 is 17.1 Å². The van der Waals surface area contributed by atoms with E-state index in [1.54, 1.807) is 13.2 Å². The van der Waals surface area contributed by atoms with Crippen LogP contribution in [0.15, 0.2) is 48.5 Å². The molecule has 4 nitrogen and oxygen atoms in total. The smallest absolute Gasteiger partial charge is 0.235 e. The number of ether oxygens (including phenoxy) is 1. The molecule has 0 aliphatic rings. The maximum absolute atomic E-state index is 8.88.